The molecule has 2 aliphatic heterocycles. The van der Waals surface area contributed by atoms with Gasteiger partial charge in [-0.3, -0.25) is 15.5 Å². The lowest BCUT2D eigenvalue weighted by Crippen LogP contribution is -2.50. The number of aliphatic imine (C=N–C) groups is 1. The lowest BCUT2D eigenvalue weighted by Gasteiger charge is -2.39. The van der Waals surface area contributed by atoms with Gasteiger partial charge in [0.1, 0.15) is 11.7 Å². The van der Waals surface area contributed by atoms with Crippen molar-refractivity contribution in [3.63, 3.8) is 0 Å². The monoisotopic (exact) mass is 555 g/mol. The highest BCUT2D eigenvalue weighted by Gasteiger charge is 2.29. The van der Waals surface area contributed by atoms with E-state index in [1.54, 1.807) is 6.07 Å². The maximum absolute atomic E-state index is 14.9. The summed E-state index contributed by atoms with van der Waals surface area (Å²) in [5.41, 5.74) is 6.07. The number of piperazine rings is 1. The van der Waals surface area contributed by atoms with Crippen molar-refractivity contribution in [3.05, 3.63) is 46.8 Å². The number of benzene rings is 1. The van der Waals surface area contributed by atoms with Crippen molar-refractivity contribution in [2.45, 2.75) is 31.9 Å². The van der Waals surface area contributed by atoms with Crippen molar-refractivity contribution in [3.8, 4) is 0 Å². The number of fused-ring (bicyclic) bond motifs is 1. The smallest absolute Gasteiger partial charge is 0.147 e. The number of anilines is 1. The number of hydrogen-bond acceptors (Lipinski definition) is 4. The lowest BCUT2D eigenvalue weighted by atomic mass is 10.0. The van der Waals surface area contributed by atoms with Crippen molar-refractivity contribution in [1.29, 1.82) is 5.41 Å². The van der Waals surface area contributed by atoms with E-state index >= 15 is 0 Å². The van der Waals surface area contributed by atoms with Crippen LogP contribution in [0.2, 0.25) is 0 Å². The number of amidine groups is 1. The highest BCUT2D eigenvalue weighted by Crippen LogP contribution is 2.51. The summed E-state index contributed by atoms with van der Waals surface area (Å²) >= 11 is 2.34. The molecule has 0 radical (unpaired) electrons. The van der Waals surface area contributed by atoms with E-state index in [0.29, 0.717) is 44.2 Å². The van der Waals surface area contributed by atoms with Gasteiger partial charge in [0.05, 0.1) is 12.2 Å². The number of aryl methyl sites for hydroxylation is 1. The van der Waals surface area contributed by atoms with Crippen LogP contribution in [0.3, 0.4) is 0 Å². The predicted octanol–water partition coefficient (Wildman–Crippen LogP) is 4.70. The number of allylic oxidation sites excluding steroid dienone is 2. The minimum atomic E-state index is -1.29. The Morgan fingerprint density at radius 2 is 2.00 bits per heavy atom. The maximum Gasteiger partial charge on any atom is 0.147 e. The predicted molar refractivity (Wildman–Crippen MR) is 141 cm³/mol. The van der Waals surface area contributed by atoms with E-state index in [9.17, 15) is 4.39 Å². The van der Waals surface area contributed by atoms with Gasteiger partial charge in [0.25, 0.3) is 0 Å². The highest BCUT2D eigenvalue weighted by molar-refractivity contribution is 14.2. The van der Waals surface area contributed by atoms with Crippen LogP contribution < -0.4 is 10.0 Å². The average Bonchev–Trinajstić information content (AvgIpc) is 3.14. The summed E-state index contributed by atoms with van der Waals surface area (Å²) in [5, 5.41) is 15.4. The van der Waals surface area contributed by atoms with Crippen molar-refractivity contribution in [2.24, 2.45) is 10.1 Å². The Morgan fingerprint density at radius 1 is 1.29 bits per heavy atom. The molecule has 3 N–H and O–H groups in total. The van der Waals surface area contributed by atoms with Gasteiger partial charge < -0.3 is 9.80 Å². The number of nitrogens with two attached hydrogens (primary N) is 1. The third-order valence-electron chi connectivity index (χ3n) is 6.57. The first-order valence-electron chi connectivity index (χ1n) is 10.7. The van der Waals surface area contributed by atoms with E-state index in [1.807, 2.05) is 19.9 Å². The molecule has 0 amide bonds. The molecular formula is C23H31FIN5S. The number of nitrogens with one attached hydrogen (secondary N) is 1. The number of rotatable bonds is 3. The molecule has 5 nitrogen and oxygen atoms in total. The van der Waals surface area contributed by atoms with Gasteiger partial charge >= 0.3 is 0 Å². The maximum atomic E-state index is 14.9. The zero-order chi connectivity index (χ0) is 22.3. The third kappa shape index (κ3) is 4.57. The molecule has 1 aromatic carbocycles. The van der Waals surface area contributed by atoms with Gasteiger partial charge in [0.15, 0.2) is 0 Å². The molecule has 2 heterocycles. The summed E-state index contributed by atoms with van der Waals surface area (Å²) < 4.78 is 14.9. The molecule has 0 saturated carbocycles. The molecule has 8 heteroatoms. The molecule has 3 aliphatic rings. The second-order valence-corrected chi connectivity index (χ2v) is 16.8. The van der Waals surface area contributed by atoms with E-state index < -0.39 is 7.39 Å². The molecule has 31 heavy (non-hydrogen) atoms. The van der Waals surface area contributed by atoms with Crippen molar-refractivity contribution in [2.75, 3.05) is 43.9 Å². The fraction of sp³-hybridized carbons (Fsp3) is 0.478. The standard InChI is InChI=1S/C23H31FIN5S/c1-4-16-5-6-17-11-22(21(24)13-20(16)17)29-7-9-30(10-8-29)23(26)19-12-18(31(3,25)27)14-28-15(19)2/h4,11-13,18,26H,5-10,14,27H2,1-3H3/b16-4-,26-23?. The number of halogens is 2. The topological polar surface area (TPSA) is 68.7 Å². The Morgan fingerprint density at radius 3 is 2.65 bits per heavy atom. The van der Waals surface area contributed by atoms with Crippen molar-refractivity contribution >= 4 is 51.4 Å². The normalized spacial score (nSPS) is 25.6. The summed E-state index contributed by atoms with van der Waals surface area (Å²) in [6, 6.07) is 3.75. The van der Waals surface area contributed by atoms with Crippen LogP contribution in [0.25, 0.3) is 5.57 Å². The minimum Gasteiger partial charge on any atom is -0.366 e. The van der Waals surface area contributed by atoms with E-state index in [0.717, 1.165) is 29.7 Å². The number of hydrogen-bond donors (Lipinski definition) is 2. The molecule has 1 aliphatic carbocycles. The third-order valence-corrected chi connectivity index (χ3v) is 9.99. The molecule has 0 spiro atoms. The lowest BCUT2D eigenvalue weighted by molar-refractivity contribution is 0.382. The molecule has 1 saturated heterocycles. The van der Waals surface area contributed by atoms with Gasteiger partial charge in [-0.25, -0.2) is 4.39 Å². The van der Waals surface area contributed by atoms with Crippen LogP contribution in [0.4, 0.5) is 10.1 Å². The van der Waals surface area contributed by atoms with Crippen LogP contribution >= 0.6 is 28.6 Å². The summed E-state index contributed by atoms with van der Waals surface area (Å²) in [5.74, 6) is 0.370. The molecule has 0 aromatic heterocycles. The van der Waals surface area contributed by atoms with Crippen molar-refractivity contribution in [1.82, 2.24) is 4.90 Å². The largest absolute Gasteiger partial charge is 0.366 e. The first kappa shape index (κ1) is 22.8. The second-order valence-electron chi connectivity index (χ2n) is 8.58. The fourth-order valence-electron chi connectivity index (χ4n) is 4.60. The zero-order valence-corrected chi connectivity index (χ0v) is 21.4. The summed E-state index contributed by atoms with van der Waals surface area (Å²) in [6.45, 7) is 7.50. The molecule has 0 bridgehead atoms. The van der Waals surface area contributed by atoms with Crippen LogP contribution in [0, 0.1) is 11.2 Å². The van der Waals surface area contributed by atoms with Crippen LogP contribution in [-0.2, 0) is 6.42 Å². The van der Waals surface area contributed by atoms with Gasteiger partial charge in [0.2, 0.25) is 0 Å². The van der Waals surface area contributed by atoms with Crippen LogP contribution in [-0.4, -0.2) is 60.7 Å². The Labute approximate surface area is 198 Å². The summed E-state index contributed by atoms with van der Waals surface area (Å²) in [7, 11) is -1.29. The van der Waals surface area contributed by atoms with Crippen LogP contribution in [0.5, 0.6) is 0 Å². The average molecular weight is 556 g/mol. The molecule has 1 aromatic rings. The van der Waals surface area contributed by atoms with Gasteiger partial charge in [-0.05, 0) is 83.0 Å². The van der Waals surface area contributed by atoms with Crippen LogP contribution in [0.1, 0.15) is 31.4 Å². The van der Waals surface area contributed by atoms with E-state index in [-0.39, 0.29) is 11.1 Å². The summed E-state index contributed by atoms with van der Waals surface area (Å²) in [6.07, 6.45) is 8.31. The van der Waals surface area contributed by atoms with E-state index in [4.69, 9.17) is 10.5 Å². The summed E-state index contributed by atoms with van der Waals surface area (Å²) in [4.78, 5) is 8.86. The van der Waals surface area contributed by atoms with E-state index in [2.05, 4.69) is 54.4 Å². The fourth-order valence-corrected chi connectivity index (χ4v) is 6.29. The quantitative estimate of drug-likeness (QED) is 0.323. The molecule has 1 fully saturated rings. The molecular weight excluding hydrogens is 524 g/mol. The second kappa shape index (κ2) is 8.86. The first-order chi connectivity index (χ1) is 14.7. The Kier molecular flexibility index (Phi) is 6.52. The SMILES string of the molecule is C/C=C1/CCc2cc(N3CCN(C(=N)C4=CC(S(C)(N)I)CN=C4C)CC3)c(F)cc21. The first-order valence-corrected chi connectivity index (χ1v) is 15.4. The Bertz CT molecular complexity index is 986. The van der Waals surface area contributed by atoms with E-state index in [1.165, 1.54) is 11.1 Å². The van der Waals surface area contributed by atoms with Gasteiger partial charge in [-0.15, -0.1) is 7.39 Å². The molecule has 2 unspecified atom stereocenters. The molecule has 168 valence electrons. The van der Waals surface area contributed by atoms with Gasteiger partial charge in [-0.1, -0.05) is 12.2 Å². The Balaban J connectivity index is 1.46. The Hall–Kier alpha value is -1.39. The zero-order valence-electron chi connectivity index (χ0n) is 18.4. The van der Waals surface area contributed by atoms with Gasteiger partial charge in [0, 0.05) is 42.7 Å². The molecule has 4 rings (SSSR count). The van der Waals surface area contributed by atoms with Gasteiger partial charge in [-0.2, -0.15) is 0 Å². The highest BCUT2D eigenvalue weighted by atomic mass is 127. The number of nitrogens with zero attached hydrogens (tertiary/aromatic N) is 3. The molecule has 2 atom stereocenters. The van der Waals surface area contributed by atoms with Crippen molar-refractivity contribution < 1.29 is 4.39 Å². The van der Waals surface area contributed by atoms with Crippen LogP contribution in [0.15, 0.2) is 34.9 Å². The minimum absolute atomic E-state index is 0.142. The number of dihydropyridines is 1.